The largest absolute Gasteiger partial charge is 0.475 e. The lowest BCUT2D eigenvalue weighted by Gasteiger charge is -2.31. The van der Waals surface area contributed by atoms with Gasteiger partial charge < -0.3 is 10.1 Å². The third-order valence-electron chi connectivity index (χ3n) is 7.23. The molecule has 1 fully saturated rings. The minimum atomic E-state index is -3.52. The molecule has 0 spiro atoms. The SMILES string of the molecule is NS(=O)(=NC(=O)Nc1c2c(nc3c1CCC3)CCC2)c1cnn2c1OCC(N1CCCC1)C2. The minimum absolute atomic E-state index is 0.169. The maximum absolute atomic E-state index is 13.3. The summed E-state index contributed by atoms with van der Waals surface area (Å²) in [5.74, 6) is 0.347. The van der Waals surface area contributed by atoms with Gasteiger partial charge in [-0.3, -0.25) is 9.88 Å². The van der Waals surface area contributed by atoms with E-state index in [1.807, 2.05) is 0 Å². The average Bonchev–Trinajstić information content (AvgIpc) is 3.59. The Morgan fingerprint density at radius 3 is 2.52 bits per heavy atom. The Kier molecular flexibility index (Phi) is 5.15. The maximum Gasteiger partial charge on any atom is 0.354 e. The first-order valence-electron chi connectivity index (χ1n) is 11.8. The van der Waals surface area contributed by atoms with Gasteiger partial charge >= 0.3 is 6.03 Å². The van der Waals surface area contributed by atoms with E-state index in [0.717, 1.165) is 79.8 Å². The predicted molar refractivity (Wildman–Crippen MR) is 123 cm³/mol. The molecular formula is C22H29N7O3S. The normalized spacial score (nSPS) is 23.4. The van der Waals surface area contributed by atoms with E-state index in [1.54, 1.807) is 4.68 Å². The van der Waals surface area contributed by atoms with E-state index in [9.17, 15) is 9.00 Å². The number of pyridine rings is 1. The molecule has 6 rings (SSSR count). The fraction of sp³-hybridized carbons (Fsp3) is 0.591. The van der Waals surface area contributed by atoms with Crippen LogP contribution < -0.4 is 15.2 Å². The van der Waals surface area contributed by atoms with Crippen molar-refractivity contribution >= 4 is 21.6 Å². The molecule has 2 aromatic heterocycles. The summed E-state index contributed by atoms with van der Waals surface area (Å²) in [6.45, 7) is 3.24. The van der Waals surface area contributed by atoms with Crippen LogP contribution in [-0.4, -0.2) is 55.6 Å². The molecule has 2 aliphatic heterocycles. The van der Waals surface area contributed by atoms with Gasteiger partial charge in [0.15, 0.2) is 9.92 Å². The van der Waals surface area contributed by atoms with Gasteiger partial charge in [-0.05, 0) is 75.6 Å². The van der Waals surface area contributed by atoms with E-state index in [4.69, 9.17) is 14.9 Å². The van der Waals surface area contributed by atoms with Crippen LogP contribution in [0, 0.1) is 0 Å². The van der Waals surface area contributed by atoms with Crippen molar-refractivity contribution in [3.05, 3.63) is 28.7 Å². The summed E-state index contributed by atoms with van der Waals surface area (Å²) in [7, 11) is -3.52. The Morgan fingerprint density at radius 1 is 1.12 bits per heavy atom. The van der Waals surface area contributed by atoms with Crippen molar-refractivity contribution in [3.63, 3.8) is 0 Å². The predicted octanol–water partition coefficient (Wildman–Crippen LogP) is 2.04. The zero-order valence-electron chi connectivity index (χ0n) is 18.6. The molecule has 10 nitrogen and oxygen atoms in total. The van der Waals surface area contributed by atoms with Crippen LogP contribution in [-0.2, 0) is 42.1 Å². The van der Waals surface area contributed by atoms with Crippen LogP contribution in [0.2, 0.25) is 0 Å². The molecule has 2 aliphatic carbocycles. The van der Waals surface area contributed by atoms with E-state index in [-0.39, 0.29) is 10.9 Å². The molecule has 2 unspecified atom stereocenters. The molecule has 3 N–H and O–H groups in total. The lowest BCUT2D eigenvalue weighted by atomic mass is 10.1. The molecule has 4 aliphatic rings. The number of carbonyl (C=O) groups excluding carboxylic acids is 1. The standard InChI is InChI=1S/C22H29N7O3S/c23-33(31,19-11-24-29-12-14(13-32-21(19)29)28-9-1-2-10-28)27-22(30)26-20-15-5-3-7-17(15)25-18-8-4-6-16(18)20/h11,14H,1-10,12-13H2,(H3,23,25,26,27,30,31). The fourth-order valence-corrected chi connectivity index (χ4v) is 6.63. The number of nitrogens with two attached hydrogens (primary N) is 1. The second-order valence-electron chi connectivity index (χ2n) is 9.34. The number of nitrogens with zero attached hydrogens (tertiary/aromatic N) is 5. The molecule has 2 atom stereocenters. The molecule has 4 heterocycles. The van der Waals surface area contributed by atoms with Crippen molar-refractivity contribution in [1.82, 2.24) is 19.7 Å². The van der Waals surface area contributed by atoms with Gasteiger partial charge in [-0.2, -0.15) is 5.10 Å². The number of anilines is 1. The van der Waals surface area contributed by atoms with E-state index in [1.165, 1.54) is 19.0 Å². The van der Waals surface area contributed by atoms with Crippen molar-refractivity contribution in [3.8, 4) is 5.88 Å². The molecule has 0 aromatic carbocycles. The number of amides is 2. The fourth-order valence-electron chi connectivity index (χ4n) is 5.63. The number of hydrogen-bond donors (Lipinski definition) is 2. The second kappa shape index (κ2) is 8.07. The molecule has 176 valence electrons. The summed E-state index contributed by atoms with van der Waals surface area (Å²) < 4.78 is 24.8. The number of likely N-dealkylation sites (tertiary alicyclic amines) is 1. The van der Waals surface area contributed by atoms with Crippen LogP contribution in [0.5, 0.6) is 5.88 Å². The first kappa shape index (κ1) is 21.1. The van der Waals surface area contributed by atoms with E-state index < -0.39 is 15.9 Å². The van der Waals surface area contributed by atoms with Crippen molar-refractivity contribution in [2.24, 2.45) is 9.50 Å². The van der Waals surface area contributed by atoms with Crippen LogP contribution >= 0.6 is 0 Å². The summed E-state index contributed by atoms with van der Waals surface area (Å²) in [5.41, 5.74) is 5.09. The third kappa shape index (κ3) is 3.71. The van der Waals surface area contributed by atoms with Gasteiger partial charge in [0.2, 0.25) is 5.88 Å². The molecule has 0 bridgehead atoms. The minimum Gasteiger partial charge on any atom is -0.475 e. The molecular weight excluding hydrogens is 442 g/mol. The summed E-state index contributed by atoms with van der Waals surface area (Å²) in [6, 6.07) is -0.472. The Hall–Kier alpha value is -2.50. The Balaban J connectivity index is 1.26. The van der Waals surface area contributed by atoms with Crippen LogP contribution in [0.15, 0.2) is 15.5 Å². The van der Waals surface area contributed by atoms with Crippen molar-refractivity contribution in [2.45, 2.75) is 68.8 Å². The number of aromatic nitrogens is 3. The number of rotatable bonds is 3. The number of ether oxygens (including phenoxy) is 1. The lowest BCUT2D eigenvalue weighted by Crippen LogP contribution is -2.43. The van der Waals surface area contributed by atoms with Gasteiger partial charge in [0.25, 0.3) is 0 Å². The summed E-state index contributed by atoms with van der Waals surface area (Å²) in [5, 5.41) is 13.3. The summed E-state index contributed by atoms with van der Waals surface area (Å²) in [4.78, 5) is 20.3. The highest BCUT2D eigenvalue weighted by Gasteiger charge is 2.32. The van der Waals surface area contributed by atoms with Crippen LogP contribution in [0.4, 0.5) is 10.5 Å². The average molecular weight is 472 g/mol. The molecule has 2 amide bonds. The van der Waals surface area contributed by atoms with Crippen LogP contribution in [0.1, 0.15) is 48.2 Å². The summed E-state index contributed by atoms with van der Waals surface area (Å²) in [6.07, 6.45) is 9.48. The maximum atomic E-state index is 13.3. The highest BCUT2D eigenvalue weighted by atomic mass is 32.2. The number of nitrogens with one attached hydrogen (secondary N) is 1. The molecule has 33 heavy (non-hydrogen) atoms. The zero-order valence-corrected chi connectivity index (χ0v) is 19.4. The number of urea groups is 1. The molecule has 2 aromatic rings. The van der Waals surface area contributed by atoms with E-state index in [0.29, 0.717) is 19.0 Å². The van der Waals surface area contributed by atoms with Crippen LogP contribution in [0.3, 0.4) is 0 Å². The van der Waals surface area contributed by atoms with Gasteiger partial charge in [0.1, 0.15) is 11.5 Å². The first-order valence-corrected chi connectivity index (χ1v) is 13.4. The summed E-state index contributed by atoms with van der Waals surface area (Å²) >= 11 is 0. The molecule has 0 radical (unpaired) electrons. The first-order chi connectivity index (χ1) is 16.0. The van der Waals surface area contributed by atoms with Crippen molar-refractivity contribution < 1.29 is 13.7 Å². The van der Waals surface area contributed by atoms with E-state index >= 15 is 0 Å². The Labute approximate surface area is 193 Å². The lowest BCUT2D eigenvalue weighted by molar-refractivity contribution is 0.0994. The quantitative estimate of drug-likeness (QED) is 0.705. The molecule has 0 saturated carbocycles. The monoisotopic (exact) mass is 471 g/mol. The zero-order chi connectivity index (χ0) is 22.6. The number of fused-ring (bicyclic) bond motifs is 3. The number of hydrogen-bond acceptors (Lipinski definition) is 6. The Bertz CT molecular complexity index is 1210. The Morgan fingerprint density at radius 2 is 1.82 bits per heavy atom. The highest BCUT2D eigenvalue weighted by molar-refractivity contribution is 7.91. The van der Waals surface area contributed by atoms with Gasteiger partial charge in [-0.15, -0.1) is 4.36 Å². The van der Waals surface area contributed by atoms with Crippen molar-refractivity contribution in [1.29, 1.82) is 0 Å². The number of carbonyl (C=O) groups is 1. The molecule has 11 heteroatoms. The highest BCUT2D eigenvalue weighted by Crippen LogP contribution is 2.37. The smallest absolute Gasteiger partial charge is 0.354 e. The van der Waals surface area contributed by atoms with Crippen LogP contribution in [0.25, 0.3) is 0 Å². The number of aryl methyl sites for hydroxylation is 2. The topological polar surface area (TPSA) is 128 Å². The van der Waals surface area contributed by atoms with E-state index in [2.05, 4.69) is 19.7 Å². The van der Waals surface area contributed by atoms with Gasteiger partial charge in [-0.1, -0.05) is 0 Å². The van der Waals surface area contributed by atoms with Crippen molar-refractivity contribution in [2.75, 3.05) is 25.0 Å². The van der Waals surface area contributed by atoms with Gasteiger partial charge in [0, 0.05) is 11.4 Å². The third-order valence-corrected chi connectivity index (χ3v) is 8.58. The van der Waals surface area contributed by atoms with Gasteiger partial charge in [0.05, 0.1) is 24.5 Å². The van der Waals surface area contributed by atoms with Gasteiger partial charge in [-0.25, -0.2) is 18.8 Å². The molecule has 1 saturated heterocycles. The second-order valence-corrected chi connectivity index (χ2v) is 11.1.